The quantitative estimate of drug-likeness (QED) is 0.499. The second-order valence-corrected chi connectivity index (χ2v) is 10.1. The largest absolute Gasteiger partial charge is 0.487 e. The van der Waals surface area contributed by atoms with Crippen LogP contribution in [-0.4, -0.2) is 39.7 Å². The highest BCUT2D eigenvalue weighted by molar-refractivity contribution is 9.10. The van der Waals surface area contributed by atoms with E-state index in [0.717, 1.165) is 12.7 Å². The van der Waals surface area contributed by atoms with Crippen LogP contribution >= 0.6 is 15.9 Å². The Morgan fingerprint density at radius 1 is 1.12 bits per heavy atom. The maximum Gasteiger partial charge on any atom is 0.422 e. The maximum absolute atomic E-state index is 15.2. The van der Waals surface area contributed by atoms with Gasteiger partial charge in [-0.1, -0.05) is 30.3 Å². The van der Waals surface area contributed by atoms with Crippen molar-refractivity contribution in [2.75, 3.05) is 18.0 Å². The second-order valence-electron chi connectivity index (χ2n) is 7.67. The minimum absolute atomic E-state index is 0.0134. The Labute approximate surface area is 200 Å². The van der Waals surface area contributed by atoms with Crippen LogP contribution in [0.2, 0.25) is 0 Å². The predicted molar refractivity (Wildman–Crippen MR) is 123 cm³/mol. The zero-order valence-corrected chi connectivity index (χ0v) is 20.8. The third-order valence-electron chi connectivity index (χ3n) is 3.92. The molecule has 33 heavy (non-hydrogen) atoms. The van der Waals surface area contributed by atoms with Crippen molar-refractivity contribution in [2.45, 2.75) is 33.0 Å². The lowest BCUT2D eigenvalue weighted by atomic mass is 10.2. The highest BCUT2D eigenvalue weighted by Gasteiger charge is 2.34. The number of hydrogen-bond acceptors (Lipinski definition) is 7. The normalized spacial score (nSPS) is 11.5. The molecule has 1 N–H and O–H groups in total. The van der Waals surface area contributed by atoms with Crippen molar-refractivity contribution in [1.82, 2.24) is 4.72 Å². The first-order valence-electron chi connectivity index (χ1n) is 9.59. The lowest BCUT2D eigenvalue weighted by molar-refractivity contribution is -0.138. The zero-order chi connectivity index (χ0) is 24.8. The van der Waals surface area contributed by atoms with Gasteiger partial charge in [-0.3, -0.25) is 4.79 Å². The third-order valence-corrected chi connectivity index (χ3v) is 5.85. The Morgan fingerprint density at radius 2 is 1.76 bits per heavy atom. The van der Waals surface area contributed by atoms with Gasteiger partial charge in [0.25, 0.3) is 0 Å². The van der Waals surface area contributed by atoms with Gasteiger partial charge in [0.05, 0.1) is 11.6 Å². The van der Waals surface area contributed by atoms with E-state index in [2.05, 4.69) is 20.7 Å². The molecule has 0 aliphatic carbocycles. The fourth-order valence-corrected chi connectivity index (χ4v) is 3.90. The number of rotatable bonds is 8. The Morgan fingerprint density at radius 3 is 2.33 bits per heavy atom. The lowest BCUT2D eigenvalue weighted by Gasteiger charge is -2.27. The minimum atomic E-state index is -4.83. The van der Waals surface area contributed by atoms with Gasteiger partial charge >= 0.3 is 22.3 Å². The molecule has 0 heterocycles. The Balaban J connectivity index is 2.50. The number of methoxy groups -OCH3 is 1. The van der Waals surface area contributed by atoms with Crippen molar-refractivity contribution >= 4 is 43.9 Å². The molecule has 0 unspecified atom stereocenters. The number of amides is 1. The summed E-state index contributed by atoms with van der Waals surface area (Å²) in [6.07, 6.45) is -1.31. The minimum Gasteiger partial charge on any atom is -0.487 e. The molecule has 2 aromatic carbocycles. The molecule has 0 atom stereocenters. The molecule has 180 valence electrons. The summed E-state index contributed by atoms with van der Waals surface area (Å²) >= 11 is 3.00. The van der Waals surface area contributed by atoms with E-state index in [1.54, 1.807) is 35.1 Å². The standard InChI is InChI=1S/C21H24BrFN2O7S/c1-21(2,3)32-20(27)24-33(28,29)25(12-17(26)30-4)19-16(11-10-15(22)18(19)23)31-13-14-8-6-5-7-9-14/h5-11H,12-13H2,1-4H3,(H,24,27). The van der Waals surface area contributed by atoms with Gasteiger partial charge in [-0.2, -0.15) is 8.42 Å². The lowest BCUT2D eigenvalue weighted by Crippen LogP contribution is -2.48. The summed E-state index contributed by atoms with van der Waals surface area (Å²) in [7, 11) is -3.79. The molecular formula is C21H24BrFN2O7S. The molecule has 0 aliphatic heterocycles. The molecule has 0 aromatic heterocycles. The van der Waals surface area contributed by atoms with Crippen LogP contribution < -0.4 is 13.8 Å². The number of anilines is 1. The van der Waals surface area contributed by atoms with Crippen LogP contribution in [0.3, 0.4) is 0 Å². The van der Waals surface area contributed by atoms with E-state index in [0.29, 0.717) is 4.31 Å². The summed E-state index contributed by atoms with van der Waals surface area (Å²) in [4.78, 5) is 24.1. The summed E-state index contributed by atoms with van der Waals surface area (Å²) in [5.41, 5.74) is -0.861. The monoisotopic (exact) mass is 546 g/mol. The van der Waals surface area contributed by atoms with E-state index in [1.165, 1.54) is 32.9 Å². The van der Waals surface area contributed by atoms with Crippen molar-refractivity contribution in [1.29, 1.82) is 0 Å². The van der Waals surface area contributed by atoms with Crippen LogP contribution in [0, 0.1) is 5.82 Å². The molecular weight excluding hydrogens is 523 g/mol. The Hall–Kier alpha value is -2.86. The first-order chi connectivity index (χ1) is 15.3. The maximum atomic E-state index is 15.2. The van der Waals surface area contributed by atoms with Gasteiger partial charge < -0.3 is 14.2 Å². The number of halogens is 2. The predicted octanol–water partition coefficient (Wildman–Crippen LogP) is 3.92. The number of hydrogen-bond donors (Lipinski definition) is 1. The number of nitrogens with zero attached hydrogens (tertiary/aromatic N) is 1. The van der Waals surface area contributed by atoms with Gasteiger partial charge in [0, 0.05) is 0 Å². The number of carbonyl (C=O) groups is 2. The molecule has 1 amide bonds. The fraction of sp³-hybridized carbons (Fsp3) is 0.333. The van der Waals surface area contributed by atoms with Gasteiger partial charge in [0.15, 0.2) is 5.82 Å². The Kier molecular flexibility index (Phi) is 8.67. The number of benzene rings is 2. The Bertz CT molecular complexity index is 1110. The zero-order valence-electron chi connectivity index (χ0n) is 18.4. The SMILES string of the molecule is COC(=O)CN(c1c(OCc2ccccc2)ccc(Br)c1F)S(=O)(=O)NC(=O)OC(C)(C)C. The molecule has 2 aromatic rings. The molecule has 0 saturated heterocycles. The van der Waals surface area contributed by atoms with Crippen LogP contribution in [0.1, 0.15) is 26.3 Å². The molecule has 0 aliphatic rings. The molecule has 0 fully saturated rings. The van der Waals surface area contributed by atoms with Crippen molar-refractivity contribution < 1.29 is 36.6 Å². The van der Waals surface area contributed by atoms with Gasteiger partial charge in [0.2, 0.25) is 0 Å². The average molecular weight is 547 g/mol. The smallest absolute Gasteiger partial charge is 0.422 e. The molecule has 2 rings (SSSR count). The summed E-state index contributed by atoms with van der Waals surface area (Å²) in [6, 6.07) is 11.5. The molecule has 12 heteroatoms. The summed E-state index contributed by atoms with van der Waals surface area (Å²) in [6.45, 7) is 3.66. The van der Waals surface area contributed by atoms with E-state index in [9.17, 15) is 18.0 Å². The topological polar surface area (TPSA) is 111 Å². The van der Waals surface area contributed by atoms with Gasteiger partial charge in [0.1, 0.15) is 30.2 Å². The van der Waals surface area contributed by atoms with E-state index < -0.39 is 45.9 Å². The van der Waals surface area contributed by atoms with E-state index in [4.69, 9.17) is 9.47 Å². The molecule has 0 radical (unpaired) electrons. The van der Waals surface area contributed by atoms with Crippen molar-refractivity contribution in [3.8, 4) is 5.75 Å². The second kappa shape index (κ2) is 10.8. The molecule has 0 saturated carbocycles. The number of nitrogens with one attached hydrogen (secondary N) is 1. The first-order valence-corrected chi connectivity index (χ1v) is 11.8. The molecule has 0 bridgehead atoms. The third kappa shape index (κ3) is 7.60. The fourth-order valence-electron chi connectivity index (χ4n) is 2.53. The van der Waals surface area contributed by atoms with Crippen LogP contribution in [-0.2, 0) is 31.1 Å². The molecule has 0 spiro atoms. The van der Waals surface area contributed by atoms with Gasteiger partial charge in [-0.15, -0.1) is 0 Å². The van der Waals surface area contributed by atoms with E-state index in [-0.39, 0.29) is 16.8 Å². The molecule has 9 nitrogen and oxygen atoms in total. The van der Waals surface area contributed by atoms with Crippen molar-refractivity contribution in [2.24, 2.45) is 0 Å². The van der Waals surface area contributed by atoms with Crippen molar-refractivity contribution in [3.63, 3.8) is 0 Å². The average Bonchev–Trinajstić information content (AvgIpc) is 2.72. The summed E-state index contributed by atoms with van der Waals surface area (Å²) in [5.74, 6) is -2.21. The number of esters is 1. The van der Waals surface area contributed by atoms with Crippen molar-refractivity contribution in [3.05, 3.63) is 58.3 Å². The van der Waals surface area contributed by atoms with Crippen LogP contribution in [0.25, 0.3) is 0 Å². The van der Waals surface area contributed by atoms with Gasteiger partial charge in [-0.05, 0) is 54.4 Å². The highest BCUT2D eigenvalue weighted by atomic mass is 79.9. The summed E-state index contributed by atoms with van der Waals surface area (Å²) in [5, 5.41) is 0. The highest BCUT2D eigenvalue weighted by Crippen LogP contribution is 2.37. The van der Waals surface area contributed by atoms with Crippen LogP contribution in [0.5, 0.6) is 5.75 Å². The van der Waals surface area contributed by atoms with Gasteiger partial charge in [-0.25, -0.2) is 18.2 Å². The number of ether oxygens (including phenoxy) is 3. The van der Waals surface area contributed by atoms with Crippen LogP contribution in [0.4, 0.5) is 14.9 Å². The van der Waals surface area contributed by atoms with Crippen LogP contribution in [0.15, 0.2) is 46.9 Å². The first kappa shape index (κ1) is 26.4. The van der Waals surface area contributed by atoms with E-state index in [1.807, 2.05) is 0 Å². The summed E-state index contributed by atoms with van der Waals surface area (Å²) < 4.78 is 58.4. The van der Waals surface area contributed by atoms with E-state index >= 15 is 4.39 Å². The number of carbonyl (C=O) groups excluding carboxylic acids is 2.